The molecule has 2 heterocycles. The van der Waals surface area contributed by atoms with Gasteiger partial charge in [0.2, 0.25) is 0 Å². The molecule has 0 aliphatic heterocycles. The van der Waals surface area contributed by atoms with Crippen molar-refractivity contribution in [3.05, 3.63) is 37.7 Å². The number of aromatic nitrogens is 2. The van der Waals surface area contributed by atoms with E-state index < -0.39 is 0 Å². The summed E-state index contributed by atoms with van der Waals surface area (Å²) in [5.41, 5.74) is 3.41. The quantitative estimate of drug-likeness (QED) is 0.820. The second kappa shape index (κ2) is 6.34. The van der Waals surface area contributed by atoms with Gasteiger partial charge in [-0.1, -0.05) is 0 Å². The van der Waals surface area contributed by atoms with E-state index >= 15 is 0 Å². The zero-order valence-corrected chi connectivity index (χ0v) is 13.3. The highest BCUT2D eigenvalue weighted by molar-refractivity contribution is 9.11. The van der Waals surface area contributed by atoms with Gasteiger partial charge in [-0.15, -0.1) is 11.3 Å². The van der Waals surface area contributed by atoms with Crippen molar-refractivity contribution in [2.24, 2.45) is 0 Å². The van der Waals surface area contributed by atoms with E-state index in [4.69, 9.17) is 0 Å². The molecule has 4 nitrogen and oxygen atoms in total. The molecule has 0 unspecified atom stereocenters. The van der Waals surface area contributed by atoms with Crippen molar-refractivity contribution in [1.82, 2.24) is 15.5 Å². The molecule has 2 aromatic rings. The van der Waals surface area contributed by atoms with Gasteiger partial charge in [-0.3, -0.25) is 9.89 Å². The average Bonchev–Trinajstić information content (AvgIpc) is 2.92. The predicted octanol–water partition coefficient (Wildman–Crippen LogP) is 3.21. The lowest BCUT2D eigenvalue weighted by molar-refractivity contribution is 0.0957. The van der Waals surface area contributed by atoms with Gasteiger partial charge in [0.15, 0.2) is 0 Å². The van der Waals surface area contributed by atoms with Crippen LogP contribution >= 0.6 is 27.3 Å². The molecule has 0 aliphatic rings. The molecule has 19 heavy (non-hydrogen) atoms. The minimum Gasteiger partial charge on any atom is -0.351 e. The summed E-state index contributed by atoms with van der Waals surface area (Å²) in [6.07, 6.45) is 3.68. The highest BCUT2D eigenvalue weighted by atomic mass is 79.9. The van der Waals surface area contributed by atoms with Gasteiger partial charge in [-0.2, -0.15) is 5.10 Å². The summed E-state index contributed by atoms with van der Waals surface area (Å²) in [5.74, 6) is 0.00251. The van der Waals surface area contributed by atoms with Gasteiger partial charge < -0.3 is 5.32 Å². The number of halogens is 1. The summed E-state index contributed by atoms with van der Waals surface area (Å²) in [6, 6.07) is 1.91. The first-order valence-electron chi connectivity index (χ1n) is 6.11. The largest absolute Gasteiger partial charge is 0.351 e. The van der Waals surface area contributed by atoms with Crippen molar-refractivity contribution in [2.75, 3.05) is 6.54 Å². The lowest BCUT2D eigenvalue weighted by atomic mass is 10.1. The molecule has 102 valence electrons. The monoisotopic (exact) mass is 341 g/mol. The summed E-state index contributed by atoms with van der Waals surface area (Å²) < 4.78 is 1.02. The molecule has 1 amide bonds. The molecule has 0 aromatic carbocycles. The third-order valence-corrected chi connectivity index (χ3v) is 5.06. The van der Waals surface area contributed by atoms with Crippen molar-refractivity contribution in [3.63, 3.8) is 0 Å². The molecule has 2 N–H and O–H groups in total. The van der Waals surface area contributed by atoms with Gasteiger partial charge >= 0.3 is 0 Å². The first kappa shape index (κ1) is 14.3. The summed E-state index contributed by atoms with van der Waals surface area (Å²) >= 11 is 4.90. The van der Waals surface area contributed by atoms with Gasteiger partial charge in [0.1, 0.15) is 0 Å². The first-order valence-corrected chi connectivity index (χ1v) is 7.72. The van der Waals surface area contributed by atoms with Crippen LogP contribution in [0.4, 0.5) is 0 Å². The average molecular weight is 342 g/mol. The van der Waals surface area contributed by atoms with Gasteiger partial charge in [0.05, 0.1) is 14.9 Å². The third-order valence-electron chi connectivity index (χ3n) is 2.92. The number of nitrogens with one attached hydrogen (secondary N) is 2. The molecule has 2 aromatic heterocycles. The van der Waals surface area contributed by atoms with Crippen molar-refractivity contribution >= 4 is 33.2 Å². The molecule has 6 heteroatoms. The molecule has 0 bridgehead atoms. The Morgan fingerprint density at radius 1 is 1.53 bits per heavy atom. The number of carbonyl (C=O) groups excluding carboxylic acids is 1. The molecule has 2 rings (SSSR count). The number of aryl methyl sites for hydroxylation is 3. The maximum atomic E-state index is 11.9. The normalized spacial score (nSPS) is 10.7. The SMILES string of the molecule is Cc1cc(C(=O)NCCCc2cn[nH]c2C)sc1Br. The van der Waals surface area contributed by atoms with Crippen LogP contribution in [0.3, 0.4) is 0 Å². The Bertz CT molecular complexity index is 557. The number of hydrogen-bond acceptors (Lipinski definition) is 3. The second-order valence-corrected chi connectivity index (χ2v) is 6.82. The van der Waals surface area contributed by atoms with Gasteiger partial charge in [-0.05, 0) is 59.8 Å². The van der Waals surface area contributed by atoms with Gasteiger partial charge in [0.25, 0.3) is 5.91 Å². The molecule has 0 atom stereocenters. The molecule has 0 aliphatic carbocycles. The fourth-order valence-corrected chi connectivity index (χ4v) is 3.22. The summed E-state index contributed by atoms with van der Waals surface area (Å²) in [4.78, 5) is 12.7. The van der Waals surface area contributed by atoms with E-state index in [0.717, 1.165) is 32.8 Å². The zero-order chi connectivity index (χ0) is 13.8. The Kier molecular flexibility index (Phi) is 4.76. The fourth-order valence-electron chi connectivity index (χ4n) is 1.77. The predicted molar refractivity (Wildman–Crippen MR) is 80.7 cm³/mol. The van der Waals surface area contributed by atoms with Crippen molar-refractivity contribution in [3.8, 4) is 0 Å². The topological polar surface area (TPSA) is 57.8 Å². The van der Waals surface area contributed by atoms with E-state index in [-0.39, 0.29) is 5.91 Å². The number of rotatable bonds is 5. The minimum atomic E-state index is 0.00251. The number of H-pyrrole nitrogens is 1. The molecular formula is C13H16BrN3OS. The van der Waals surface area contributed by atoms with Crippen LogP contribution in [0, 0.1) is 13.8 Å². The van der Waals surface area contributed by atoms with Crippen molar-refractivity contribution in [1.29, 1.82) is 0 Å². The zero-order valence-electron chi connectivity index (χ0n) is 10.9. The number of nitrogens with zero attached hydrogens (tertiary/aromatic N) is 1. The maximum absolute atomic E-state index is 11.9. The van der Waals surface area contributed by atoms with Crippen LogP contribution < -0.4 is 5.32 Å². The number of thiophene rings is 1. The van der Waals surface area contributed by atoms with Crippen LogP contribution in [0.5, 0.6) is 0 Å². The van der Waals surface area contributed by atoms with E-state index in [1.54, 1.807) is 0 Å². The number of aromatic amines is 1. The van der Waals surface area contributed by atoms with E-state index in [0.29, 0.717) is 6.54 Å². The van der Waals surface area contributed by atoms with Gasteiger partial charge in [0, 0.05) is 12.2 Å². The lowest BCUT2D eigenvalue weighted by Gasteiger charge is -2.03. The summed E-state index contributed by atoms with van der Waals surface area (Å²) in [5, 5.41) is 9.83. The van der Waals surface area contributed by atoms with Crippen LogP contribution in [0.2, 0.25) is 0 Å². The summed E-state index contributed by atoms with van der Waals surface area (Å²) in [6.45, 7) is 4.67. The fraction of sp³-hybridized carbons (Fsp3) is 0.385. The standard InChI is InChI=1S/C13H16BrN3OS/c1-8-6-11(19-12(8)14)13(18)15-5-3-4-10-7-16-17-9(10)2/h6-7H,3-5H2,1-2H3,(H,15,18)(H,16,17). The number of carbonyl (C=O) groups is 1. The van der Waals surface area contributed by atoms with Crippen molar-refractivity contribution < 1.29 is 4.79 Å². The van der Waals surface area contributed by atoms with Crippen LogP contribution in [0.1, 0.15) is 32.9 Å². The van der Waals surface area contributed by atoms with Gasteiger partial charge in [-0.25, -0.2) is 0 Å². The first-order chi connectivity index (χ1) is 9.08. The summed E-state index contributed by atoms with van der Waals surface area (Å²) in [7, 11) is 0. The molecule has 0 fully saturated rings. The van der Waals surface area contributed by atoms with Crippen LogP contribution in [0.15, 0.2) is 16.0 Å². The Hall–Kier alpha value is -1.14. The highest BCUT2D eigenvalue weighted by Gasteiger charge is 2.10. The van der Waals surface area contributed by atoms with Crippen LogP contribution in [0.25, 0.3) is 0 Å². The number of amides is 1. The Balaban J connectivity index is 1.77. The molecular weight excluding hydrogens is 326 g/mol. The Labute approximate surface area is 124 Å². The molecule has 0 radical (unpaired) electrons. The van der Waals surface area contributed by atoms with E-state index in [1.165, 1.54) is 16.9 Å². The van der Waals surface area contributed by atoms with Crippen LogP contribution in [-0.2, 0) is 6.42 Å². The highest BCUT2D eigenvalue weighted by Crippen LogP contribution is 2.27. The van der Waals surface area contributed by atoms with E-state index in [1.807, 2.05) is 26.1 Å². The molecule has 0 saturated heterocycles. The van der Waals surface area contributed by atoms with Crippen LogP contribution in [-0.4, -0.2) is 22.6 Å². The van der Waals surface area contributed by atoms with E-state index in [9.17, 15) is 4.79 Å². The smallest absolute Gasteiger partial charge is 0.261 e. The third kappa shape index (κ3) is 3.67. The lowest BCUT2D eigenvalue weighted by Crippen LogP contribution is -2.23. The maximum Gasteiger partial charge on any atom is 0.261 e. The molecule has 0 saturated carbocycles. The second-order valence-electron chi connectivity index (χ2n) is 4.45. The minimum absolute atomic E-state index is 0.00251. The molecule has 0 spiro atoms. The number of hydrogen-bond donors (Lipinski definition) is 2. The Morgan fingerprint density at radius 2 is 2.32 bits per heavy atom. The van der Waals surface area contributed by atoms with E-state index in [2.05, 4.69) is 31.4 Å². The Morgan fingerprint density at radius 3 is 2.89 bits per heavy atom. The van der Waals surface area contributed by atoms with Crippen molar-refractivity contribution in [2.45, 2.75) is 26.7 Å².